The lowest BCUT2D eigenvalue weighted by atomic mass is 10.0. The van der Waals surface area contributed by atoms with Gasteiger partial charge in [0, 0.05) is 36.3 Å². The van der Waals surface area contributed by atoms with E-state index >= 15 is 0 Å². The third-order valence-corrected chi connectivity index (χ3v) is 2.89. The van der Waals surface area contributed by atoms with Crippen molar-refractivity contribution in [3.05, 3.63) is 35.3 Å². The van der Waals surface area contributed by atoms with Crippen molar-refractivity contribution in [1.29, 1.82) is 0 Å². The number of carbonyl (C=O) groups excluding carboxylic acids is 2. The van der Waals surface area contributed by atoms with Crippen molar-refractivity contribution in [3.8, 4) is 0 Å². The number of hydrogen-bond donors (Lipinski definition) is 0. The number of hydrogen-bond acceptors (Lipinski definition) is 5. The minimum atomic E-state index is -0.711. The van der Waals surface area contributed by atoms with Crippen LogP contribution in [0.4, 0.5) is 4.39 Å². The van der Waals surface area contributed by atoms with Crippen molar-refractivity contribution in [2.45, 2.75) is 0 Å². The summed E-state index contributed by atoms with van der Waals surface area (Å²) in [7, 11) is 4.06. The first-order chi connectivity index (χ1) is 9.97. The van der Waals surface area contributed by atoms with Crippen LogP contribution in [0, 0.1) is 5.82 Å². The summed E-state index contributed by atoms with van der Waals surface area (Å²) in [6.07, 6.45) is 3.80. The Labute approximate surface area is 119 Å². The SMILES string of the molecule is COC(=O)/C=C/c1c(F)cc2nn(C)cc2c1C(=O)OC. The molecule has 7 heteroatoms. The molecule has 0 bridgehead atoms. The first-order valence-electron chi connectivity index (χ1n) is 5.98. The van der Waals surface area contributed by atoms with Gasteiger partial charge in [-0.2, -0.15) is 5.10 Å². The van der Waals surface area contributed by atoms with Gasteiger partial charge >= 0.3 is 11.9 Å². The van der Waals surface area contributed by atoms with Crippen molar-refractivity contribution in [3.63, 3.8) is 0 Å². The summed E-state index contributed by atoms with van der Waals surface area (Å²) in [6, 6.07) is 1.19. The molecular formula is C14H13FN2O4. The number of carbonyl (C=O) groups is 2. The number of rotatable bonds is 3. The van der Waals surface area contributed by atoms with Gasteiger partial charge in [0.1, 0.15) is 5.82 Å². The maximum absolute atomic E-state index is 14.2. The molecule has 0 N–H and O–H groups in total. The van der Waals surface area contributed by atoms with Crippen LogP contribution in [0.3, 0.4) is 0 Å². The van der Waals surface area contributed by atoms with E-state index in [9.17, 15) is 14.0 Å². The number of methoxy groups -OCH3 is 2. The minimum absolute atomic E-state index is 0.0146. The summed E-state index contributed by atoms with van der Waals surface area (Å²) in [4.78, 5) is 23.1. The van der Waals surface area contributed by atoms with E-state index in [0.29, 0.717) is 10.9 Å². The van der Waals surface area contributed by atoms with Crippen molar-refractivity contribution >= 4 is 28.9 Å². The third kappa shape index (κ3) is 2.76. The molecule has 0 radical (unpaired) electrons. The van der Waals surface area contributed by atoms with E-state index in [2.05, 4.69) is 14.6 Å². The lowest BCUT2D eigenvalue weighted by Crippen LogP contribution is -2.06. The van der Waals surface area contributed by atoms with Crippen LogP contribution >= 0.6 is 0 Å². The highest BCUT2D eigenvalue weighted by atomic mass is 19.1. The molecule has 6 nitrogen and oxygen atoms in total. The predicted octanol–water partition coefficient (Wildman–Crippen LogP) is 1.69. The molecule has 2 aromatic rings. The smallest absolute Gasteiger partial charge is 0.339 e. The second kappa shape index (κ2) is 5.74. The zero-order chi connectivity index (χ0) is 15.6. The van der Waals surface area contributed by atoms with Crippen molar-refractivity contribution in [2.75, 3.05) is 14.2 Å². The fraction of sp³-hybridized carbons (Fsp3) is 0.214. The summed E-state index contributed by atoms with van der Waals surface area (Å²) in [5, 5.41) is 4.50. The molecule has 0 aliphatic heterocycles. The lowest BCUT2D eigenvalue weighted by molar-refractivity contribution is -0.134. The molecule has 21 heavy (non-hydrogen) atoms. The molecule has 0 fully saturated rings. The number of benzene rings is 1. The predicted molar refractivity (Wildman–Crippen MR) is 73.1 cm³/mol. The molecule has 0 aliphatic carbocycles. The molecule has 0 spiro atoms. The number of nitrogens with zero attached hydrogens (tertiary/aromatic N) is 2. The molecule has 0 atom stereocenters. The minimum Gasteiger partial charge on any atom is -0.466 e. The molecule has 1 aromatic carbocycles. The molecule has 2 rings (SSSR count). The fourth-order valence-electron chi connectivity index (χ4n) is 1.97. The average Bonchev–Trinajstić information content (AvgIpc) is 2.82. The monoisotopic (exact) mass is 292 g/mol. The molecule has 1 heterocycles. The van der Waals surface area contributed by atoms with E-state index in [1.807, 2.05) is 0 Å². The Morgan fingerprint density at radius 1 is 1.33 bits per heavy atom. The molecule has 110 valence electrons. The standard InChI is InChI=1S/C14H13FN2O4/c1-17-7-9-11(16-17)6-10(15)8(4-5-12(18)20-2)13(9)14(19)21-3/h4-7H,1-3H3/b5-4+. The van der Waals surface area contributed by atoms with E-state index in [1.165, 1.54) is 31.0 Å². The number of ether oxygens (including phenoxy) is 2. The fourth-order valence-corrected chi connectivity index (χ4v) is 1.97. The second-order valence-electron chi connectivity index (χ2n) is 4.23. The van der Waals surface area contributed by atoms with Crippen molar-refractivity contribution in [1.82, 2.24) is 9.78 Å². The Balaban J connectivity index is 2.72. The number of aryl methyl sites for hydroxylation is 1. The number of aromatic nitrogens is 2. The van der Waals surface area contributed by atoms with Gasteiger partial charge in [0.05, 0.1) is 25.3 Å². The van der Waals surface area contributed by atoms with Gasteiger partial charge in [-0.05, 0) is 6.08 Å². The van der Waals surface area contributed by atoms with E-state index in [4.69, 9.17) is 0 Å². The number of halogens is 1. The highest BCUT2D eigenvalue weighted by Crippen LogP contribution is 2.26. The van der Waals surface area contributed by atoms with Crippen LogP contribution < -0.4 is 0 Å². The van der Waals surface area contributed by atoms with Gasteiger partial charge in [-0.1, -0.05) is 0 Å². The highest BCUT2D eigenvalue weighted by Gasteiger charge is 2.20. The van der Waals surface area contributed by atoms with Crippen LogP contribution in [-0.4, -0.2) is 35.9 Å². The van der Waals surface area contributed by atoms with Gasteiger partial charge in [-0.25, -0.2) is 14.0 Å². The topological polar surface area (TPSA) is 70.4 Å². The lowest BCUT2D eigenvalue weighted by Gasteiger charge is -2.06. The normalized spacial score (nSPS) is 11.0. The average molecular weight is 292 g/mol. The maximum Gasteiger partial charge on any atom is 0.339 e. The molecule has 0 amide bonds. The molecule has 0 aliphatic rings. The van der Waals surface area contributed by atoms with E-state index < -0.39 is 17.8 Å². The van der Waals surface area contributed by atoms with Crippen LogP contribution in [0.5, 0.6) is 0 Å². The first kappa shape index (κ1) is 14.7. The van der Waals surface area contributed by atoms with E-state index in [-0.39, 0.29) is 11.1 Å². The largest absolute Gasteiger partial charge is 0.466 e. The Morgan fingerprint density at radius 3 is 2.67 bits per heavy atom. The summed E-state index contributed by atoms with van der Waals surface area (Å²) in [5.74, 6) is -2.05. The maximum atomic E-state index is 14.2. The zero-order valence-corrected chi connectivity index (χ0v) is 11.7. The molecule has 0 saturated carbocycles. The van der Waals surface area contributed by atoms with Gasteiger partial charge in [0.15, 0.2) is 0 Å². The van der Waals surface area contributed by atoms with Crippen LogP contribution in [-0.2, 0) is 21.3 Å². The van der Waals surface area contributed by atoms with Crippen molar-refractivity contribution < 1.29 is 23.5 Å². The van der Waals surface area contributed by atoms with Crippen LogP contribution in [0.2, 0.25) is 0 Å². The summed E-state index contributed by atoms with van der Waals surface area (Å²) in [6.45, 7) is 0. The molecule has 0 saturated heterocycles. The molecular weight excluding hydrogens is 279 g/mol. The van der Waals surface area contributed by atoms with Crippen molar-refractivity contribution in [2.24, 2.45) is 7.05 Å². The van der Waals surface area contributed by atoms with Crippen LogP contribution in [0.15, 0.2) is 18.3 Å². The van der Waals surface area contributed by atoms with Gasteiger partial charge in [0.25, 0.3) is 0 Å². The Bertz CT molecular complexity index is 749. The van der Waals surface area contributed by atoms with Gasteiger partial charge in [0.2, 0.25) is 0 Å². The summed E-state index contributed by atoms with van der Waals surface area (Å²) in [5.41, 5.74) is 0.291. The highest BCUT2D eigenvalue weighted by molar-refractivity contribution is 6.07. The first-order valence-corrected chi connectivity index (χ1v) is 5.98. The van der Waals surface area contributed by atoms with E-state index in [1.54, 1.807) is 13.2 Å². The van der Waals surface area contributed by atoms with E-state index in [0.717, 1.165) is 6.08 Å². The van der Waals surface area contributed by atoms with Crippen LogP contribution in [0.25, 0.3) is 17.0 Å². The zero-order valence-electron chi connectivity index (χ0n) is 11.7. The van der Waals surface area contributed by atoms with Gasteiger partial charge < -0.3 is 9.47 Å². The Morgan fingerprint density at radius 2 is 2.05 bits per heavy atom. The third-order valence-electron chi connectivity index (χ3n) is 2.89. The van der Waals surface area contributed by atoms with Gasteiger partial charge in [-0.3, -0.25) is 4.68 Å². The van der Waals surface area contributed by atoms with Crippen LogP contribution in [0.1, 0.15) is 15.9 Å². The Hall–Kier alpha value is -2.70. The molecule has 0 unspecified atom stereocenters. The molecule has 1 aromatic heterocycles. The summed E-state index contributed by atoms with van der Waals surface area (Å²) >= 11 is 0. The number of fused-ring (bicyclic) bond motifs is 1. The number of esters is 2. The van der Waals surface area contributed by atoms with Gasteiger partial charge in [-0.15, -0.1) is 0 Å². The Kier molecular flexibility index (Phi) is 4.02. The quantitative estimate of drug-likeness (QED) is 0.636. The summed E-state index contributed by atoms with van der Waals surface area (Å²) < 4.78 is 24.8. The second-order valence-corrected chi connectivity index (χ2v) is 4.23.